The van der Waals surface area contributed by atoms with E-state index in [0.29, 0.717) is 5.91 Å². The Labute approximate surface area is 167 Å². The maximum atomic E-state index is 12.9. The van der Waals surface area contributed by atoms with Gasteiger partial charge in [-0.2, -0.15) is 0 Å². The fourth-order valence-electron chi connectivity index (χ4n) is 3.94. The molecule has 0 spiro atoms. The summed E-state index contributed by atoms with van der Waals surface area (Å²) in [4.78, 5) is 21.3. The van der Waals surface area contributed by atoms with Crippen molar-refractivity contribution in [1.29, 1.82) is 0 Å². The van der Waals surface area contributed by atoms with Crippen molar-refractivity contribution < 1.29 is 9.53 Å². The Morgan fingerprint density at radius 1 is 1.18 bits per heavy atom. The van der Waals surface area contributed by atoms with Gasteiger partial charge in [-0.05, 0) is 62.1 Å². The van der Waals surface area contributed by atoms with Gasteiger partial charge < -0.3 is 21.1 Å². The van der Waals surface area contributed by atoms with Crippen LogP contribution in [0.1, 0.15) is 25.7 Å². The minimum Gasteiger partial charge on any atom is -0.489 e. The molecule has 2 aliphatic rings. The number of rotatable bonds is 6. The third kappa shape index (κ3) is 5.48. The molecule has 0 radical (unpaired) electrons. The molecule has 1 amide bonds. The van der Waals surface area contributed by atoms with Gasteiger partial charge in [0.05, 0.1) is 6.20 Å². The number of likely N-dealkylation sites (tertiary alicyclic amines) is 2. The highest BCUT2D eigenvalue weighted by Gasteiger charge is 2.31. The van der Waals surface area contributed by atoms with Gasteiger partial charge in [0.2, 0.25) is 5.91 Å². The van der Waals surface area contributed by atoms with Crippen molar-refractivity contribution in [3.8, 4) is 5.75 Å². The van der Waals surface area contributed by atoms with E-state index in [4.69, 9.17) is 16.2 Å². The summed E-state index contributed by atoms with van der Waals surface area (Å²) in [6.07, 6.45) is 12.1. The highest BCUT2D eigenvalue weighted by molar-refractivity contribution is 5.79. The lowest BCUT2D eigenvalue weighted by Gasteiger charge is -2.37. The maximum Gasteiger partial charge on any atom is 0.225 e. The summed E-state index contributed by atoms with van der Waals surface area (Å²) in [5, 5.41) is 0. The van der Waals surface area contributed by atoms with Gasteiger partial charge in [0.1, 0.15) is 11.9 Å². The molecule has 152 valence electrons. The number of carbonyl (C=O) groups is 1. The molecule has 3 rings (SSSR count). The van der Waals surface area contributed by atoms with Crippen molar-refractivity contribution >= 4 is 5.91 Å². The molecule has 7 heteroatoms. The predicted molar refractivity (Wildman–Crippen MR) is 109 cm³/mol. The van der Waals surface area contributed by atoms with Crippen molar-refractivity contribution in [3.63, 3.8) is 0 Å². The number of pyridine rings is 1. The predicted octanol–water partition coefficient (Wildman–Crippen LogP) is 1.48. The van der Waals surface area contributed by atoms with Crippen LogP contribution >= 0.6 is 0 Å². The Hall–Kier alpha value is -2.54. The summed E-state index contributed by atoms with van der Waals surface area (Å²) in [5.41, 5.74) is 12.1. The number of hydrogen-bond donors (Lipinski definition) is 2. The van der Waals surface area contributed by atoms with E-state index < -0.39 is 0 Å². The fraction of sp³-hybridized carbons (Fsp3) is 0.524. The Morgan fingerprint density at radius 2 is 1.93 bits per heavy atom. The minimum atomic E-state index is 0.127. The molecule has 0 aliphatic carbocycles. The molecule has 7 nitrogen and oxygen atoms in total. The lowest BCUT2D eigenvalue weighted by atomic mass is 9.93. The van der Waals surface area contributed by atoms with Crippen LogP contribution in [-0.4, -0.2) is 59.5 Å². The molecule has 0 atom stereocenters. The summed E-state index contributed by atoms with van der Waals surface area (Å²) < 4.78 is 5.97. The monoisotopic (exact) mass is 385 g/mol. The Bertz CT molecular complexity index is 675. The molecule has 0 saturated carbocycles. The summed E-state index contributed by atoms with van der Waals surface area (Å²) in [7, 11) is 0. The first-order valence-corrected chi connectivity index (χ1v) is 10.1. The molecule has 0 unspecified atom stereocenters. The second kappa shape index (κ2) is 10.1. The number of piperidine rings is 2. The standard InChI is InChI=1S/C21H31N5O2/c22-8-3-17(14-23)16-25-10-4-18(5-11-25)21(27)26-12-6-19(7-13-26)28-20-2-1-9-24-15-20/h1-3,8-9,14-15,18-19H,4-7,10-13,16,22-23H2/b8-3-,17-14+. The molecule has 2 fully saturated rings. The van der Waals surface area contributed by atoms with Crippen molar-refractivity contribution in [2.45, 2.75) is 31.8 Å². The van der Waals surface area contributed by atoms with Gasteiger partial charge in [-0.15, -0.1) is 0 Å². The number of aromatic nitrogens is 1. The van der Waals surface area contributed by atoms with Gasteiger partial charge in [0, 0.05) is 44.6 Å². The van der Waals surface area contributed by atoms with Crippen LogP contribution in [-0.2, 0) is 4.79 Å². The second-order valence-electron chi connectivity index (χ2n) is 7.48. The van der Waals surface area contributed by atoms with Gasteiger partial charge in [-0.25, -0.2) is 0 Å². The lowest BCUT2D eigenvalue weighted by Crippen LogP contribution is -2.47. The number of amides is 1. The van der Waals surface area contributed by atoms with E-state index >= 15 is 0 Å². The van der Waals surface area contributed by atoms with Gasteiger partial charge in [0.25, 0.3) is 0 Å². The zero-order chi connectivity index (χ0) is 19.8. The minimum absolute atomic E-state index is 0.127. The number of ether oxygens (including phenoxy) is 1. The van der Waals surface area contributed by atoms with Gasteiger partial charge in [-0.3, -0.25) is 14.7 Å². The van der Waals surface area contributed by atoms with Crippen LogP contribution in [0.15, 0.2) is 48.6 Å². The first kappa shape index (κ1) is 20.2. The van der Waals surface area contributed by atoms with E-state index in [1.54, 1.807) is 18.6 Å². The summed E-state index contributed by atoms with van der Waals surface area (Å²) >= 11 is 0. The average Bonchev–Trinajstić information content (AvgIpc) is 2.75. The van der Waals surface area contributed by atoms with Crippen LogP contribution in [0.25, 0.3) is 0 Å². The van der Waals surface area contributed by atoms with E-state index in [1.807, 2.05) is 23.1 Å². The van der Waals surface area contributed by atoms with E-state index in [0.717, 1.165) is 69.7 Å². The largest absolute Gasteiger partial charge is 0.489 e. The van der Waals surface area contributed by atoms with E-state index in [-0.39, 0.29) is 12.0 Å². The first-order chi connectivity index (χ1) is 13.7. The molecule has 28 heavy (non-hydrogen) atoms. The number of nitrogens with zero attached hydrogens (tertiary/aromatic N) is 3. The second-order valence-corrected chi connectivity index (χ2v) is 7.48. The normalized spacial score (nSPS) is 20.6. The highest BCUT2D eigenvalue weighted by atomic mass is 16.5. The van der Waals surface area contributed by atoms with E-state index in [1.165, 1.54) is 6.20 Å². The number of carbonyl (C=O) groups excluding carboxylic acids is 1. The van der Waals surface area contributed by atoms with Crippen molar-refractivity contribution in [2.24, 2.45) is 17.4 Å². The van der Waals surface area contributed by atoms with Crippen LogP contribution in [0.3, 0.4) is 0 Å². The van der Waals surface area contributed by atoms with Crippen LogP contribution in [0.5, 0.6) is 5.75 Å². The zero-order valence-corrected chi connectivity index (χ0v) is 16.4. The smallest absolute Gasteiger partial charge is 0.225 e. The molecule has 0 aromatic carbocycles. The molecular weight excluding hydrogens is 354 g/mol. The van der Waals surface area contributed by atoms with Crippen molar-refractivity contribution in [1.82, 2.24) is 14.8 Å². The summed E-state index contributed by atoms with van der Waals surface area (Å²) in [6, 6.07) is 3.80. The Morgan fingerprint density at radius 3 is 2.54 bits per heavy atom. The maximum absolute atomic E-state index is 12.9. The molecular formula is C21H31N5O2. The molecule has 0 bridgehead atoms. The Kier molecular flexibility index (Phi) is 7.31. The third-order valence-corrected chi connectivity index (χ3v) is 5.56. The van der Waals surface area contributed by atoms with E-state index in [9.17, 15) is 4.79 Å². The molecule has 3 heterocycles. The number of hydrogen-bond acceptors (Lipinski definition) is 6. The van der Waals surface area contributed by atoms with Crippen LogP contribution in [0.4, 0.5) is 0 Å². The average molecular weight is 386 g/mol. The topological polar surface area (TPSA) is 97.7 Å². The molecule has 1 aromatic rings. The van der Waals surface area contributed by atoms with Gasteiger partial charge in [0.15, 0.2) is 0 Å². The third-order valence-electron chi connectivity index (χ3n) is 5.56. The van der Waals surface area contributed by atoms with Crippen LogP contribution in [0, 0.1) is 5.92 Å². The quantitative estimate of drug-likeness (QED) is 0.720. The number of nitrogens with two attached hydrogens (primary N) is 2. The van der Waals surface area contributed by atoms with E-state index in [2.05, 4.69) is 9.88 Å². The highest BCUT2D eigenvalue weighted by Crippen LogP contribution is 2.24. The van der Waals surface area contributed by atoms with Crippen molar-refractivity contribution in [3.05, 3.63) is 48.6 Å². The molecule has 1 aromatic heterocycles. The molecule has 2 aliphatic heterocycles. The van der Waals surface area contributed by atoms with Gasteiger partial charge >= 0.3 is 0 Å². The fourth-order valence-corrected chi connectivity index (χ4v) is 3.94. The summed E-state index contributed by atoms with van der Waals surface area (Å²) in [6.45, 7) is 4.14. The SMILES string of the molecule is N/C=C\C(=C/N)CN1CCC(C(=O)N2CCC(Oc3cccnc3)CC2)CC1. The zero-order valence-electron chi connectivity index (χ0n) is 16.4. The first-order valence-electron chi connectivity index (χ1n) is 10.1. The van der Waals surface area contributed by atoms with Crippen molar-refractivity contribution in [2.75, 3.05) is 32.7 Å². The van der Waals surface area contributed by atoms with Crippen LogP contribution in [0.2, 0.25) is 0 Å². The summed E-state index contributed by atoms with van der Waals surface area (Å²) in [5.74, 6) is 1.23. The Balaban J connectivity index is 1.41. The lowest BCUT2D eigenvalue weighted by molar-refractivity contribution is -0.138. The van der Waals surface area contributed by atoms with Gasteiger partial charge in [-0.1, -0.05) is 0 Å². The van der Waals surface area contributed by atoms with Crippen LogP contribution < -0.4 is 16.2 Å². The molecule has 4 N–H and O–H groups in total. The molecule has 2 saturated heterocycles.